The second-order valence-corrected chi connectivity index (χ2v) is 9.67. The maximum atomic E-state index is 11.4. The third-order valence-electron chi connectivity index (χ3n) is 6.80. The van der Waals surface area contributed by atoms with Crippen LogP contribution in [-0.4, -0.2) is 71.0 Å². The predicted octanol–water partition coefficient (Wildman–Crippen LogP) is 2.09. The average Bonchev–Trinajstić information content (AvgIpc) is 3.40. The molecule has 2 saturated carbocycles. The molecule has 5 rings (SSSR count). The maximum Gasteiger partial charge on any atom is 0.306 e. The van der Waals surface area contributed by atoms with Crippen molar-refractivity contribution in [2.45, 2.75) is 58.1 Å². The Morgan fingerprint density at radius 2 is 2.03 bits per heavy atom. The van der Waals surface area contributed by atoms with Crippen molar-refractivity contribution in [3.8, 4) is 17.1 Å². The van der Waals surface area contributed by atoms with Gasteiger partial charge in [-0.1, -0.05) is 10.3 Å². The summed E-state index contributed by atoms with van der Waals surface area (Å²) in [5, 5.41) is 30.8. The molecule has 0 spiro atoms. The standard InChI is InChI=1S/C23H31N9O3/c1-14-20(35-17-6-4-5-16(11-17)22(33)34)10-9-18(24-14)21-19(31(3)28-25-21)13-32-27-23(26-29-32)30(2)12-15-7-8-15/h9-10,15-17H,4-8,11-13H2,1-3H3,(H,33,34)/t16-,17-/m0/s1. The molecule has 0 amide bonds. The highest BCUT2D eigenvalue weighted by molar-refractivity contribution is 5.70. The number of aliphatic carboxylic acids is 1. The van der Waals surface area contributed by atoms with E-state index in [9.17, 15) is 9.90 Å². The fraction of sp³-hybridized carbons (Fsp3) is 0.609. The Bertz CT molecular complexity index is 1200. The molecule has 35 heavy (non-hydrogen) atoms. The van der Waals surface area contributed by atoms with Crippen LogP contribution in [0.4, 0.5) is 5.95 Å². The first-order valence-electron chi connectivity index (χ1n) is 12.1. The number of hydrogen-bond donors (Lipinski definition) is 1. The van der Waals surface area contributed by atoms with Gasteiger partial charge in [-0.15, -0.1) is 10.2 Å². The van der Waals surface area contributed by atoms with Crippen LogP contribution in [-0.2, 0) is 18.4 Å². The van der Waals surface area contributed by atoms with Crippen LogP contribution in [0.2, 0.25) is 0 Å². The van der Waals surface area contributed by atoms with Gasteiger partial charge in [-0.2, -0.15) is 4.80 Å². The van der Waals surface area contributed by atoms with E-state index < -0.39 is 5.97 Å². The number of ether oxygens (including phenoxy) is 1. The zero-order valence-corrected chi connectivity index (χ0v) is 20.3. The van der Waals surface area contributed by atoms with E-state index in [4.69, 9.17) is 9.72 Å². The molecule has 2 aliphatic carbocycles. The van der Waals surface area contributed by atoms with Gasteiger partial charge < -0.3 is 14.7 Å². The highest BCUT2D eigenvalue weighted by Crippen LogP contribution is 2.31. The van der Waals surface area contributed by atoms with Gasteiger partial charge in [0.05, 0.1) is 29.1 Å². The zero-order valence-electron chi connectivity index (χ0n) is 20.3. The van der Waals surface area contributed by atoms with Gasteiger partial charge in [0.15, 0.2) is 0 Å². The summed E-state index contributed by atoms with van der Waals surface area (Å²) in [6, 6.07) is 3.73. The number of aryl methyl sites for hydroxylation is 2. The van der Waals surface area contributed by atoms with Crippen LogP contribution in [0.15, 0.2) is 12.1 Å². The van der Waals surface area contributed by atoms with Crippen LogP contribution < -0.4 is 9.64 Å². The Kier molecular flexibility index (Phi) is 6.35. The average molecular weight is 482 g/mol. The molecule has 12 heteroatoms. The normalized spacial score (nSPS) is 20.1. The summed E-state index contributed by atoms with van der Waals surface area (Å²) >= 11 is 0. The summed E-state index contributed by atoms with van der Waals surface area (Å²) in [7, 11) is 3.82. The molecule has 2 fully saturated rings. The van der Waals surface area contributed by atoms with Gasteiger partial charge >= 0.3 is 5.97 Å². The number of hydrogen-bond acceptors (Lipinski definition) is 9. The largest absolute Gasteiger partial charge is 0.489 e. The Morgan fingerprint density at radius 3 is 2.77 bits per heavy atom. The summed E-state index contributed by atoms with van der Waals surface area (Å²) in [4.78, 5) is 19.7. The van der Waals surface area contributed by atoms with Crippen molar-refractivity contribution in [3.05, 3.63) is 23.5 Å². The SMILES string of the molecule is Cc1nc(-c2nnn(C)c2Cn2nnc(N(C)CC3CC3)n2)ccc1O[C@H]1CCC[C@H](C(=O)O)C1. The number of pyridine rings is 1. The predicted molar refractivity (Wildman–Crippen MR) is 126 cm³/mol. The van der Waals surface area contributed by atoms with E-state index in [1.165, 1.54) is 12.8 Å². The molecule has 0 saturated heterocycles. The fourth-order valence-electron chi connectivity index (χ4n) is 4.57. The molecule has 0 aromatic carbocycles. The number of carboxylic acid groups (broad SMARTS) is 1. The number of tetrazole rings is 1. The van der Waals surface area contributed by atoms with Crippen LogP contribution >= 0.6 is 0 Å². The second-order valence-electron chi connectivity index (χ2n) is 9.67. The lowest BCUT2D eigenvalue weighted by atomic mass is 9.87. The number of anilines is 1. The first kappa shape index (κ1) is 23.2. The zero-order chi connectivity index (χ0) is 24.5. The van der Waals surface area contributed by atoms with E-state index in [0.717, 1.165) is 36.7 Å². The minimum atomic E-state index is -0.748. The molecule has 3 aromatic rings. The van der Waals surface area contributed by atoms with Crippen molar-refractivity contribution >= 4 is 11.9 Å². The van der Waals surface area contributed by atoms with Crippen molar-refractivity contribution in [2.75, 3.05) is 18.5 Å². The Hall–Kier alpha value is -3.57. The summed E-state index contributed by atoms with van der Waals surface area (Å²) in [5.74, 6) is 0.913. The topological polar surface area (TPSA) is 137 Å². The summed E-state index contributed by atoms with van der Waals surface area (Å²) in [6.07, 6.45) is 5.35. The highest BCUT2D eigenvalue weighted by Gasteiger charge is 2.29. The molecule has 12 nitrogen and oxygen atoms in total. The Morgan fingerprint density at radius 1 is 1.20 bits per heavy atom. The van der Waals surface area contributed by atoms with Crippen molar-refractivity contribution < 1.29 is 14.6 Å². The smallest absolute Gasteiger partial charge is 0.306 e. The van der Waals surface area contributed by atoms with Crippen LogP contribution in [0.3, 0.4) is 0 Å². The first-order valence-corrected chi connectivity index (χ1v) is 12.1. The molecule has 0 unspecified atom stereocenters. The number of aromatic nitrogens is 8. The molecule has 0 aliphatic heterocycles. The van der Waals surface area contributed by atoms with Gasteiger partial charge in [0.25, 0.3) is 5.95 Å². The molecule has 2 atom stereocenters. The van der Waals surface area contributed by atoms with Crippen LogP contribution in [0.25, 0.3) is 11.4 Å². The van der Waals surface area contributed by atoms with Crippen molar-refractivity contribution in [1.82, 2.24) is 40.2 Å². The minimum Gasteiger partial charge on any atom is -0.489 e. The Balaban J connectivity index is 1.30. The van der Waals surface area contributed by atoms with Crippen molar-refractivity contribution in [2.24, 2.45) is 18.9 Å². The van der Waals surface area contributed by atoms with Crippen LogP contribution in [0, 0.1) is 18.8 Å². The fourth-order valence-corrected chi connectivity index (χ4v) is 4.57. The second kappa shape index (κ2) is 9.59. The van der Waals surface area contributed by atoms with E-state index in [1.54, 1.807) is 9.48 Å². The molecule has 3 heterocycles. The third kappa shape index (κ3) is 5.25. The summed E-state index contributed by atoms with van der Waals surface area (Å²) < 4.78 is 7.84. The number of carboxylic acids is 1. The first-order chi connectivity index (χ1) is 16.9. The van der Waals surface area contributed by atoms with E-state index in [0.29, 0.717) is 42.5 Å². The van der Waals surface area contributed by atoms with Gasteiger partial charge in [0.2, 0.25) is 0 Å². The van der Waals surface area contributed by atoms with Gasteiger partial charge in [0, 0.05) is 20.6 Å². The molecular formula is C23H31N9O3. The van der Waals surface area contributed by atoms with Gasteiger partial charge in [-0.3, -0.25) is 4.79 Å². The van der Waals surface area contributed by atoms with Gasteiger partial charge in [-0.05, 0) is 68.7 Å². The van der Waals surface area contributed by atoms with E-state index in [1.807, 2.05) is 38.1 Å². The molecular weight excluding hydrogens is 450 g/mol. The molecule has 2 aliphatic rings. The van der Waals surface area contributed by atoms with E-state index >= 15 is 0 Å². The van der Waals surface area contributed by atoms with Crippen LogP contribution in [0.5, 0.6) is 5.75 Å². The quantitative estimate of drug-likeness (QED) is 0.483. The molecule has 3 aromatic heterocycles. The molecule has 1 N–H and O–H groups in total. The molecule has 0 bridgehead atoms. The molecule has 0 radical (unpaired) electrons. The lowest BCUT2D eigenvalue weighted by Crippen LogP contribution is -2.29. The monoisotopic (exact) mass is 481 g/mol. The summed E-state index contributed by atoms with van der Waals surface area (Å²) in [5.41, 5.74) is 2.86. The molecule has 186 valence electrons. The maximum absolute atomic E-state index is 11.4. The highest BCUT2D eigenvalue weighted by atomic mass is 16.5. The van der Waals surface area contributed by atoms with Crippen molar-refractivity contribution in [3.63, 3.8) is 0 Å². The lowest BCUT2D eigenvalue weighted by molar-refractivity contribution is -0.143. The minimum absolute atomic E-state index is 0.117. The summed E-state index contributed by atoms with van der Waals surface area (Å²) in [6.45, 7) is 3.19. The number of rotatable bonds is 9. The third-order valence-corrected chi connectivity index (χ3v) is 6.80. The Labute approximate surface area is 203 Å². The van der Waals surface area contributed by atoms with Crippen LogP contribution in [0.1, 0.15) is 49.9 Å². The lowest BCUT2D eigenvalue weighted by Gasteiger charge is -2.27. The van der Waals surface area contributed by atoms with Gasteiger partial charge in [-0.25, -0.2) is 9.67 Å². The van der Waals surface area contributed by atoms with E-state index in [-0.39, 0.29) is 12.0 Å². The van der Waals surface area contributed by atoms with Gasteiger partial charge in [0.1, 0.15) is 18.0 Å². The van der Waals surface area contributed by atoms with E-state index in [2.05, 4.69) is 25.7 Å². The van der Waals surface area contributed by atoms with Crippen molar-refractivity contribution in [1.29, 1.82) is 0 Å². The number of carbonyl (C=O) groups is 1. The number of nitrogens with zero attached hydrogens (tertiary/aromatic N) is 9.